The molecule has 130 valence electrons. The van der Waals surface area contributed by atoms with Crippen LogP contribution in [0.2, 0.25) is 5.32 Å². The average molecular weight is 462 g/mol. The number of hydrogen-bond donors (Lipinski definition) is 0. The van der Waals surface area contributed by atoms with Crippen LogP contribution >= 0.6 is 0 Å². The Hall–Kier alpha value is -1.11. The molecule has 25 heavy (non-hydrogen) atoms. The summed E-state index contributed by atoms with van der Waals surface area (Å²) in [6, 6.07) is 20.9. The Balaban J connectivity index is 1.70. The summed E-state index contributed by atoms with van der Waals surface area (Å²) in [4.78, 5) is 13.0. The van der Waals surface area contributed by atoms with Crippen LogP contribution in [0.4, 0.5) is 0 Å². The molecule has 2 aromatic carbocycles. The van der Waals surface area contributed by atoms with E-state index in [1.54, 1.807) is 0 Å². The standard InChI is InChI=1S/C22H24OSe2/c23-22(25-21-14-8-3-9-15-21)19(16-18-10-4-1-5-11-18)17-24-20-12-6-2-7-13-20/h2-3,6-9,12-16,18H,1,4-5,10-11,17H2/b19-16-. The van der Waals surface area contributed by atoms with Gasteiger partial charge in [0.2, 0.25) is 0 Å². The third-order valence-corrected chi connectivity index (χ3v) is 8.67. The molecule has 2 aromatic rings. The molecule has 0 spiro atoms. The van der Waals surface area contributed by atoms with Crippen LogP contribution in [0.3, 0.4) is 0 Å². The zero-order valence-electron chi connectivity index (χ0n) is 14.4. The minimum atomic E-state index is -0.103. The predicted molar refractivity (Wildman–Crippen MR) is 108 cm³/mol. The van der Waals surface area contributed by atoms with E-state index in [2.05, 4.69) is 48.5 Å². The van der Waals surface area contributed by atoms with E-state index in [9.17, 15) is 4.79 Å². The number of carbonyl (C=O) groups excluding carboxylic acids is 1. The Kier molecular flexibility index (Phi) is 7.57. The normalized spacial score (nSPS) is 15.9. The van der Waals surface area contributed by atoms with E-state index < -0.39 is 0 Å². The molecule has 1 aliphatic rings. The predicted octanol–water partition coefficient (Wildman–Crippen LogP) is 3.50. The number of hydrogen-bond acceptors (Lipinski definition) is 1. The Morgan fingerprint density at radius 2 is 1.48 bits per heavy atom. The van der Waals surface area contributed by atoms with E-state index in [0.717, 1.165) is 10.9 Å². The molecule has 0 radical (unpaired) electrons. The second-order valence-corrected chi connectivity index (χ2v) is 10.8. The molecular weight excluding hydrogens is 438 g/mol. The fourth-order valence-electron chi connectivity index (χ4n) is 3.10. The van der Waals surface area contributed by atoms with Crippen molar-refractivity contribution in [1.82, 2.24) is 0 Å². The number of carbonyl (C=O) groups is 1. The molecule has 0 bridgehead atoms. The van der Waals surface area contributed by atoms with Crippen molar-refractivity contribution in [2.75, 3.05) is 0 Å². The van der Waals surface area contributed by atoms with Crippen molar-refractivity contribution in [2.24, 2.45) is 5.92 Å². The fourth-order valence-corrected chi connectivity index (χ4v) is 7.08. The van der Waals surface area contributed by atoms with Crippen LogP contribution in [0.25, 0.3) is 0 Å². The zero-order valence-corrected chi connectivity index (χ0v) is 17.8. The van der Waals surface area contributed by atoms with Crippen molar-refractivity contribution in [3.63, 3.8) is 0 Å². The quantitative estimate of drug-likeness (QED) is 0.455. The summed E-state index contributed by atoms with van der Waals surface area (Å²) >= 11 is 0.235. The minimum absolute atomic E-state index is 0.103. The van der Waals surface area contributed by atoms with Crippen molar-refractivity contribution >= 4 is 43.5 Å². The van der Waals surface area contributed by atoms with Gasteiger partial charge in [-0.15, -0.1) is 0 Å². The molecule has 0 unspecified atom stereocenters. The molecule has 1 fully saturated rings. The van der Waals surface area contributed by atoms with Crippen LogP contribution in [-0.2, 0) is 4.79 Å². The third kappa shape index (κ3) is 6.28. The first kappa shape index (κ1) is 18.7. The zero-order chi connectivity index (χ0) is 17.3. The summed E-state index contributed by atoms with van der Waals surface area (Å²) < 4.78 is 2.94. The summed E-state index contributed by atoms with van der Waals surface area (Å²) in [6.07, 6.45) is 8.85. The molecule has 0 aliphatic heterocycles. The number of rotatable bonds is 7. The van der Waals surface area contributed by atoms with Crippen molar-refractivity contribution in [2.45, 2.75) is 37.4 Å². The van der Waals surface area contributed by atoms with Gasteiger partial charge in [-0.2, -0.15) is 0 Å². The van der Waals surface area contributed by atoms with Gasteiger partial charge in [-0.3, -0.25) is 0 Å². The summed E-state index contributed by atoms with van der Waals surface area (Å²) in [6.45, 7) is 0. The molecule has 0 atom stereocenters. The van der Waals surface area contributed by atoms with Gasteiger partial charge in [0, 0.05) is 0 Å². The van der Waals surface area contributed by atoms with Crippen molar-refractivity contribution in [1.29, 1.82) is 0 Å². The Bertz CT molecular complexity index is 688. The monoisotopic (exact) mass is 464 g/mol. The van der Waals surface area contributed by atoms with Crippen LogP contribution in [0.1, 0.15) is 32.1 Å². The molecule has 0 saturated heterocycles. The van der Waals surface area contributed by atoms with Crippen LogP contribution in [0, 0.1) is 5.92 Å². The average Bonchev–Trinajstić information content (AvgIpc) is 2.67. The van der Waals surface area contributed by atoms with Gasteiger partial charge >= 0.3 is 164 Å². The first-order valence-electron chi connectivity index (χ1n) is 8.97. The summed E-state index contributed by atoms with van der Waals surface area (Å²) in [7, 11) is 0. The SMILES string of the molecule is O=C([Se]c1ccccc1)/C(=C\C1CCCCC1)C[Se]c1ccccc1. The molecular formula is C22H24OSe2. The van der Waals surface area contributed by atoms with Crippen molar-refractivity contribution in [3.8, 4) is 0 Å². The first-order chi connectivity index (χ1) is 12.3. The van der Waals surface area contributed by atoms with E-state index in [1.807, 2.05) is 18.2 Å². The molecule has 0 amide bonds. The van der Waals surface area contributed by atoms with Crippen molar-refractivity contribution < 1.29 is 4.79 Å². The molecule has 0 N–H and O–H groups in total. The van der Waals surface area contributed by atoms with Gasteiger partial charge in [-0.05, 0) is 0 Å². The van der Waals surface area contributed by atoms with Gasteiger partial charge < -0.3 is 0 Å². The van der Waals surface area contributed by atoms with Crippen LogP contribution in [0.15, 0.2) is 72.3 Å². The van der Waals surface area contributed by atoms with Gasteiger partial charge in [0.05, 0.1) is 0 Å². The van der Waals surface area contributed by atoms with Gasteiger partial charge in [0.25, 0.3) is 0 Å². The van der Waals surface area contributed by atoms with Gasteiger partial charge in [0.1, 0.15) is 0 Å². The fraction of sp³-hybridized carbons (Fsp3) is 0.318. The van der Waals surface area contributed by atoms with Crippen LogP contribution in [0.5, 0.6) is 0 Å². The second-order valence-electron chi connectivity index (χ2n) is 6.39. The van der Waals surface area contributed by atoms with Gasteiger partial charge in [0.15, 0.2) is 0 Å². The number of benzene rings is 2. The third-order valence-electron chi connectivity index (χ3n) is 4.44. The van der Waals surface area contributed by atoms with Gasteiger partial charge in [-0.25, -0.2) is 0 Å². The van der Waals surface area contributed by atoms with Gasteiger partial charge in [-0.1, -0.05) is 0 Å². The maximum absolute atomic E-state index is 13.0. The van der Waals surface area contributed by atoms with E-state index in [-0.39, 0.29) is 15.0 Å². The molecule has 1 aliphatic carbocycles. The van der Waals surface area contributed by atoms with E-state index in [0.29, 0.717) is 25.6 Å². The molecule has 1 nitrogen and oxygen atoms in total. The Labute approximate surface area is 163 Å². The molecule has 3 rings (SSSR count). The summed E-state index contributed by atoms with van der Waals surface area (Å²) in [5, 5.41) is 0.931. The van der Waals surface area contributed by atoms with E-state index >= 15 is 0 Å². The van der Waals surface area contributed by atoms with E-state index in [1.165, 1.54) is 41.0 Å². The molecule has 0 heterocycles. The molecule has 3 heteroatoms. The topological polar surface area (TPSA) is 17.1 Å². The van der Waals surface area contributed by atoms with Crippen LogP contribution in [-0.4, -0.2) is 34.6 Å². The number of allylic oxidation sites excluding steroid dienone is 2. The Morgan fingerprint density at radius 1 is 0.880 bits per heavy atom. The second kappa shape index (κ2) is 10.1. The first-order valence-corrected chi connectivity index (χ1v) is 12.7. The Morgan fingerprint density at radius 3 is 2.12 bits per heavy atom. The summed E-state index contributed by atoms with van der Waals surface area (Å²) in [5.41, 5.74) is 1.10. The maximum atomic E-state index is 13.0. The van der Waals surface area contributed by atoms with Crippen molar-refractivity contribution in [3.05, 3.63) is 72.3 Å². The molecule has 0 aromatic heterocycles. The van der Waals surface area contributed by atoms with E-state index in [4.69, 9.17) is 0 Å². The van der Waals surface area contributed by atoms with Crippen LogP contribution < -0.4 is 8.92 Å². The summed E-state index contributed by atoms with van der Waals surface area (Å²) in [5.74, 6) is 0.617. The molecule has 1 saturated carbocycles.